The summed E-state index contributed by atoms with van der Waals surface area (Å²) in [7, 11) is 0. The highest BCUT2D eigenvalue weighted by Crippen LogP contribution is 2.21. The van der Waals surface area contributed by atoms with E-state index in [0.29, 0.717) is 13.0 Å². The number of nitrogens with one attached hydrogen (secondary N) is 2. The Labute approximate surface area is 187 Å². The Kier molecular flexibility index (Phi) is 7.19. The van der Waals surface area contributed by atoms with Crippen molar-refractivity contribution < 1.29 is 19.1 Å². The first-order chi connectivity index (χ1) is 15.5. The molecule has 1 aliphatic heterocycles. The summed E-state index contributed by atoms with van der Waals surface area (Å²) in [6.07, 6.45) is 6.55. The van der Waals surface area contributed by atoms with E-state index < -0.39 is 0 Å². The number of ether oxygens (including phenoxy) is 2. The van der Waals surface area contributed by atoms with Gasteiger partial charge in [-0.2, -0.15) is 0 Å². The van der Waals surface area contributed by atoms with Crippen LogP contribution in [0.4, 0.5) is 0 Å². The molecule has 1 saturated heterocycles. The van der Waals surface area contributed by atoms with Crippen molar-refractivity contribution in [1.82, 2.24) is 15.4 Å². The second-order valence-electron chi connectivity index (χ2n) is 8.16. The summed E-state index contributed by atoms with van der Waals surface area (Å²) >= 11 is 0. The van der Waals surface area contributed by atoms with Crippen molar-refractivity contribution >= 4 is 23.0 Å². The fraction of sp³-hybridized carbons (Fsp3) is 0.360. The van der Waals surface area contributed by atoms with E-state index in [1.165, 1.54) is 6.08 Å². The largest absolute Gasteiger partial charge is 0.491 e. The molecule has 1 aliphatic rings. The van der Waals surface area contributed by atoms with Crippen LogP contribution >= 0.6 is 0 Å². The maximum absolute atomic E-state index is 11.9. The first-order valence-electron chi connectivity index (χ1n) is 11.0. The van der Waals surface area contributed by atoms with Crippen LogP contribution in [0.2, 0.25) is 0 Å². The number of hydroxylamine groups is 1. The van der Waals surface area contributed by atoms with Gasteiger partial charge < -0.3 is 14.5 Å². The molecular formula is C25H29N3O4. The summed E-state index contributed by atoms with van der Waals surface area (Å²) in [5.74, 6) is 1.41. The van der Waals surface area contributed by atoms with E-state index in [0.717, 1.165) is 53.0 Å². The van der Waals surface area contributed by atoms with Gasteiger partial charge in [0.1, 0.15) is 11.6 Å². The van der Waals surface area contributed by atoms with Crippen LogP contribution in [0.25, 0.3) is 17.1 Å². The fourth-order valence-electron chi connectivity index (χ4n) is 3.54. The first kappa shape index (κ1) is 22.0. The van der Waals surface area contributed by atoms with Crippen LogP contribution in [0.15, 0.2) is 48.5 Å². The Morgan fingerprint density at radius 2 is 2.09 bits per heavy atom. The third-order valence-electron chi connectivity index (χ3n) is 5.08. The zero-order chi connectivity index (χ0) is 22.3. The molecule has 1 amide bonds. The van der Waals surface area contributed by atoms with Crippen LogP contribution in [-0.2, 0) is 20.8 Å². The van der Waals surface area contributed by atoms with Crippen LogP contribution in [0.1, 0.15) is 50.1 Å². The van der Waals surface area contributed by atoms with E-state index in [1.54, 1.807) is 6.08 Å². The highest BCUT2D eigenvalue weighted by atomic mass is 16.8. The summed E-state index contributed by atoms with van der Waals surface area (Å²) in [6, 6.07) is 13.9. The zero-order valence-corrected chi connectivity index (χ0v) is 18.5. The number of carbonyl (C=O) groups is 1. The molecule has 2 heterocycles. The molecule has 1 unspecified atom stereocenters. The number of rotatable bonds is 8. The number of fused-ring (bicyclic) bond motifs is 1. The maximum Gasteiger partial charge on any atom is 0.267 e. The summed E-state index contributed by atoms with van der Waals surface area (Å²) < 4.78 is 11.2. The molecule has 7 heteroatoms. The number of benzene rings is 2. The van der Waals surface area contributed by atoms with Crippen molar-refractivity contribution in [2.75, 3.05) is 6.61 Å². The molecule has 0 spiro atoms. The second kappa shape index (κ2) is 10.4. The molecule has 7 nitrogen and oxygen atoms in total. The first-order valence-corrected chi connectivity index (χ1v) is 11.0. The number of hydrogen-bond donors (Lipinski definition) is 2. The van der Waals surface area contributed by atoms with Crippen molar-refractivity contribution in [2.24, 2.45) is 0 Å². The third kappa shape index (κ3) is 6.18. The van der Waals surface area contributed by atoms with Crippen molar-refractivity contribution in [2.45, 2.75) is 51.9 Å². The van der Waals surface area contributed by atoms with Crippen LogP contribution in [0.3, 0.4) is 0 Å². The van der Waals surface area contributed by atoms with E-state index in [1.807, 2.05) is 56.3 Å². The maximum atomic E-state index is 11.9. The highest BCUT2D eigenvalue weighted by molar-refractivity contribution is 5.90. The molecule has 0 saturated carbocycles. The molecule has 0 radical (unpaired) electrons. The predicted molar refractivity (Wildman–Crippen MR) is 123 cm³/mol. The van der Waals surface area contributed by atoms with E-state index in [-0.39, 0.29) is 18.3 Å². The van der Waals surface area contributed by atoms with E-state index in [4.69, 9.17) is 14.3 Å². The number of H-pyrrole nitrogens is 1. The number of aromatic amines is 1. The van der Waals surface area contributed by atoms with Crippen LogP contribution in [-0.4, -0.2) is 34.9 Å². The Morgan fingerprint density at radius 1 is 1.25 bits per heavy atom. The zero-order valence-electron chi connectivity index (χ0n) is 18.5. The van der Waals surface area contributed by atoms with Gasteiger partial charge in [-0.1, -0.05) is 24.3 Å². The predicted octanol–water partition coefficient (Wildman–Crippen LogP) is 4.53. The number of amides is 1. The summed E-state index contributed by atoms with van der Waals surface area (Å²) in [4.78, 5) is 25.3. The number of hydrogen-bond acceptors (Lipinski definition) is 5. The standard InChI is InChI=1S/C25H29N3O4/c1-17(2)31-20-11-12-21-22(16-20)27-23(26-21)15-19-8-6-18(7-9-19)10-13-24(29)28-32-25-5-3-4-14-30-25/h6-13,16-17,25H,3-5,14-15H2,1-2H3,(H,26,27)(H,28,29)/b13-10+. The molecule has 1 fully saturated rings. The molecule has 4 rings (SSSR count). The summed E-state index contributed by atoms with van der Waals surface area (Å²) in [5, 5.41) is 0. The van der Waals surface area contributed by atoms with Gasteiger partial charge >= 0.3 is 0 Å². The lowest BCUT2D eigenvalue weighted by molar-refractivity contribution is -0.198. The molecule has 0 aliphatic carbocycles. The number of nitrogens with zero attached hydrogens (tertiary/aromatic N) is 1. The van der Waals surface area contributed by atoms with Crippen LogP contribution < -0.4 is 10.2 Å². The van der Waals surface area contributed by atoms with Gasteiger partial charge in [-0.25, -0.2) is 15.3 Å². The fourth-order valence-corrected chi connectivity index (χ4v) is 3.54. The van der Waals surface area contributed by atoms with Crippen molar-refractivity contribution in [1.29, 1.82) is 0 Å². The Morgan fingerprint density at radius 3 is 2.84 bits per heavy atom. The van der Waals surface area contributed by atoms with Crippen molar-refractivity contribution in [3.63, 3.8) is 0 Å². The summed E-state index contributed by atoms with van der Waals surface area (Å²) in [6.45, 7) is 4.69. The van der Waals surface area contributed by atoms with Gasteiger partial charge in [0.25, 0.3) is 5.91 Å². The molecule has 168 valence electrons. The van der Waals surface area contributed by atoms with Gasteiger partial charge in [0.15, 0.2) is 6.29 Å². The lowest BCUT2D eigenvalue weighted by atomic mass is 10.1. The van der Waals surface area contributed by atoms with Gasteiger partial charge in [0, 0.05) is 31.6 Å². The topological polar surface area (TPSA) is 85.5 Å². The molecule has 3 aromatic rings. The Balaban J connectivity index is 1.31. The van der Waals surface area contributed by atoms with Gasteiger partial charge in [-0.15, -0.1) is 0 Å². The van der Waals surface area contributed by atoms with Crippen molar-refractivity contribution in [3.8, 4) is 5.75 Å². The van der Waals surface area contributed by atoms with Gasteiger partial charge in [-0.05, 0) is 56.0 Å². The van der Waals surface area contributed by atoms with Crippen LogP contribution in [0.5, 0.6) is 5.75 Å². The minimum Gasteiger partial charge on any atom is -0.491 e. The van der Waals surface area contributed by atoms with Gasteiger partial charge in [0.2, 0.25) is 0 Å². The molecule has 1 aromatic heterocycles. The summed E-state index contributed by atoms with van der Waals surface area (Å²) in [5.41, 5.74) is 6.36. The van der Waals surface area contributed by atoms with Crippen LogP contribution in [0, 0.1) is 0 Å². The SMILES string of the molecule is CC(C)Oc1ccc2nc(Cc3ccc(/C=C/C(=O)NOC4CCCCO4)cc3)[nH]c2c1. The smallest absolute Gasteiger partial charge is 0.267 e. The average molecular weight is 436 g/mol. The Hall–Kier alpha value is -3.16. The quantitative estimate of drug-likeness (QED) is 0.401. The Bertz CT molecular complexity index is 1070. The highest BCUT2D eigenvalue weighted by Gasteiger charge is 2.15. The lowest BCUT2D eigenvalue weighted by Gasteiger charge is -2.21. The molecule has 1 atom stereocenters. The average Bonchev–Trinajstić information content (AvgIpc) is 3.19. The van der Waals surface area contributed by atoms with E-state index in [9.17, 15) is 4.79 Å². The van der Waals surface area contributed by atoms with Gasteiger partial charge in [0.05, 0.1) is 17.1 Å². The molecule has 2 aromatic carbocycles. The molecule has 0 bridgehead atoms. The molecular weight excluding hydrogens is 406 g/mol. The molecule has 2 N–H and O–H groups in total. The third-order valence-corrected chi connectivity index (χ3v) is 5.08. The second-order valence-corrected chi connectivity index (χ2v) is 8.16. The van der Waals surface area contributed by atoms with E-state index in [2.05, 4.69) is 15.4 Å². The van der Waals surface area contributed by atoms with E-state index >= 15 is 0 Å². The monoisotopic (exact) mass is 435 g/mol. The molecule has 32 heavy (non-hydrogen) atoms. The minimum atomic E-state index is -0.354. The van der Waals surface area contributed by atoms with Gasteiger partial charge in [-0.3, -0.25) is 4.79 Å². The minimum absolute atomic E-state index is 0.131. The number of carbonyl (C=O) groups excluding carboxylic acids is 1. The lowest BCUT2D eigenvalue weighted by Crippen LogP contribution is -2.32. The number of aromatic nitrogens is 2. The van der Waals surface area contributed by atoms with Crippen molar-refractivity contribution in [3.05, 3.63) is 65.5 Å². The normalized spacial score (nSPS) is 16.7. The number of imidazole rings is 1.